The largest absolute Gasteiger partial charge is 0.497 e. The zero-order valence-corrected chi connectivity index (χ0v) is 30.8. The Morgan fingerprint density at radius 1 is 0.980 bits per heavy atom. The van der Waals surface area contributed by atoms with Crippen molar-refractivity contribution in [2.75, 3.05) is 12.4 Å². The van der Waals surface area contributed by atoms with Crippen LogP contribution < -0.4 is 15.6 Å². The van der Waals surface area contributed by atoms with Crippen LogP contribution in [0.3, 0.4) is 0 Å². The predicted octanol–water partition coefficient (Wildman–Crippen LogP) is 7.07. The summed E-state index contributed by atoms with van der Waals surface area (Å²) in [6.45, 7) is 11.8. The second-order valence-electron chi connectivity index (χ2n) is 14.1. The molecular formula is C38H44FN5O6Si. The Morgan fingerprint density at radius 2 is 1.57 bits per heavy atom. The number of nitrogens with one attached hydrogen (secondary N) is 2. The number of carbonyl (C=O) groups excluding carboxylic acids is 1. The van der Waals surface area contributed by atoms with E-state index in [1.54, 1.807) is 14.0 Å². The first-order valence-electron chi connectivity index (χ1n) is 17.0. The van der Waals surface area contributed by atoms with Crippen molar-refractivity contribution in [3.8, 4) is 5.75 Å². The molecule has 1 aliphatic rings. The van der Waals surface area contributed by atoms with Crippen LogP contribution in [0.5, 0.6) is 5.75 Å². The highest BCUT2D eigenvalue weighted by molar-refractivity contribution is 6.74. The van der Waals surface area contributed by atoms with Gasteiger partial charge in [-0.25, -0.2) is 9.37 Å². The fourth-order valence-electron chi connectivity index (χ4n) is 6.05. The Hall–Kier alpha value is -4.85. The Morgan fingerprint density at radius 3 is 2.12 bits per heavy atom. The first-order chi connectivity index (χ1) is 24.3. The van der Waals surface area contributed by atoms with Crippen LogP contribution in [0.1, 0.15) is 57.0 Å². The number of carbonyl (C=O) groups is 1. The summed E-state index contributed by atoms with van der Waals surface area (Å²) in [5, 5.41) is 3.30. The number of anilines is 1. The third kappa shape index (κ3) is 6.80. The molecule has 1 aliphatic heterocycles. The topological polar surface area (TPSA) is 130 Å². The molecule has 0 saturated carbocycles. The van der Waals surface area contributed by atoms with Crippen LogP contribution in [-0.2, 0) is 24.2 Å². The Kier molecular flexibility index (Phi) is 9.90. The highest BCUT2D eigenvalue weighted by Crippen LogP contribution is 2.44. The number of benzene rings is 3. The van der Waals surface area contributed by atoms with Crippen molar-refractivity contribution in [2.24, 2.45) is 0 Å². The Labute approximate surface area is 297 Å². The lowest BCUT2D eigenvalue weighted by Gasteiger charge is -2.39. The molecule has 1 fully saturated rings. The molecule has 4 atom stereocenters. The minimum absolute atomic E-state index is 0.0123. The summed E-state index contributed by atoms with van der Waals surface area (Å²) in [5.41, 5.74) is 1.04. The van der Waals surface area contributed by atoms with Gasteiger partial charge in [-0.1, -0.05) is 100 Å². The molecule has 0 aliphatic carbocycles. The molecule has 51 heavy (non-hydrogen) atoms. The van der Waals surface area contributed by atoms with Gasteiger partial charge in [0.15, 0.2) is 31.9 Å². The van der Waals surface area contributed by atoms with Crippen LogP contribution in [0.2, 0.25) is 18.1 Å². The first kappa shape index (κ1) is 36.0. The van der Waals surface area contributed by atoms with E-state index in [0.29, 0.717) is 5.75 Å². The van der Waals surface area contributed by atoms with Crippen molar-refractivity contribution in [3.63, 3.8) is 0 Å². The highest BCUT2D eigenvalue weighted by atomic mass is 28.4. The minimum atomic E-state index is -2.56. The van der Waals surface area contributed by atoms with Gasteiger partial charge in [-0.3, -0.25) is 19.1 Å². The molecule has 0 unspecified atom stereocenters. The monoisotopic (exact) mass is 713 g/mol. The number of alkyl halides is 1. The van der Waals surface area contributed by atoms with Gasteiger partial charge in [-0.15, -0.1) is 0 Å². The summed E-state index contributed by atoms with van der Waals surface area (Å²) in [4.78, 5) is 38.1. The zero-order valence-electron chi connectivity index (χ0n) is 29.8. The van der Waals surface area contributed by atoms with Gasteiger partial charge in [0.25, 0.3) is 5.56 Å². The average molecular weight is 714 g/mol. The molecule has 3 aromatic carbocycles. The van der Waals surface area contributed by atoms with Gasteiger partial charge in [0.1, 0.15) is 17.4 Å². The van der Waals surface area contributed by atoms with Crippen LogP contribution >= 0.6 is 0 Å². The van der Waals surface area contributed by atoms with E-state index < -0.39 is 50.2 Å². The molecule has 11 nitrogen and oxygen atoms in total. The summed E-state index contributed by atoms with van der Waals surface area (Å²) >= 11 is 0. The van der Waals surface area contributed by atoms with Gasteiger partial charge >= 0.3 is 5.97 Å². The zero-order chi connectivity index (χ0) is 36.6. The van der Waals surface area contributed by atoms with E-state index in [2.05, 4.69) is 15.3 Å². The summed E-state index contributed by atoms with van der Waals surface area (Å²) in [6.07, 6.45) is -4.27. The van der Waals surface area contributed by atoms with Gasteiger partial charge in [0, 0.05) is 6.42 Å². The number of nitrogens with zero attached hydrogens (tertiary/aromatic N) is 3. The van der Waals surface area contributed by atoms with E-state index in [-0.39, 0.29) is 28.6 Å². The number of aromatic nitrogens is 4. The van der Waals surface area contributed by atoms with Crippen molar-refractivity contribution in [3.05, 3.63) is 118 Å². The maximum atomic E-state index is 16.7. The Bertz CT molecular complexity index is 1990. The number of aromatic amines is 1. The van der Waals surface area contributed by atoms with E-state index in [4.69, 9.17) is 23.6 Å². The molecule has 3 heterocycles. The summed E-state index contributed by atoms with van der Waals surface area (Å²) < 4.78 is 41.6. The number of H-pyrrole nitrogens is 1. The van der Waals surface area contributed by atoms with Crippen molar-refractivity contribution < 1.29 is 27.8 Å². The summed E-state index contributed by atoms with van der Waals surface area (Å²) in [7, 11) is -0.948. The van der Waals surface area contributed by atoms with E-state index in [1.165, 1.54) is 10.9 Å². The quantitative estimate of drug-likeness (QED) is 0.0839. The van der Waals surface area contributed by atoms with Crippen LogP contribution in [-0.4, -0.2) is 59.5 Å². The lowest BCUT2D eigenvalue weighted by atomic mass is 9.77. The lowest BCUT2D eigenvalue weighted by molar-refractivity contribution is -0.191. The fourth-order valence-corrected chi connectivity index (χ4v) is 7.32. The normalized spacial score (nSPS) is 19.6. The number of imidazole rings is 1. The molecule has 6 rings (SSSR count). The third-order valence-corrected chi connectivity index (χ3v) is 14.3. The molecule has 0 bridgehead atoms. The van der Waals surface area contributed by atoms with Crippen LogP contribution in [0.4, 0.5) is 10.3 Å². The fraction of sp³-hybridized carbons (Fsp3) is 0.368. The van der Waals surface area contributed by atoms with Crippen molar-refractivity contribution >= 4 is 31.4 Å². The second kappa shape index (κ2) is 14.0. The number of halogens is 1. The van der Waals surface area contributed by atoms with Gasteiger partial charge in [-0.05, 0) is 47.0 Å². The Balaban J connectivity index is 1.47. The number of ether oxygens (including phenoxy) is 3. The molecule has 0 spiro atoms. The molecule has 13 heteroatoms. The van der Waals surface area contributed by atoms with Gasteiger partial charge < -0.3 is 24.0 Å². The third-order valence-electron chi connectivity index (χ3n) is 9.85. The molecule has 0 amide bonds. The summed E-state index contributed by atoms with van der Waals surface area (Å²) in [5.74, 6) is 0.237. The molecule has 0 radical (unpaired) electrons. The number of methoxy groups -OCH3 is 1. The first-order valence-corrected chi connectivity index (χ1v) is 19.9. The molecule has 5 aromatic rings. The van der Waals surface area contributed by atoms with Crippen LogP contribution in [0.15, 0.2) is 96.1 Å². The van der Waals surface area contributed by atoms with Crippen molar-refractivity contribution in [2.45, 2.75) is 82.6 Å². The van der Waals surface area contributed by atoms with Crippen LogP contribution in [0, 0.1) is 0 Å². The highest BCUT2D eigenvalue weighted by Gasteiger charge is 2.53. The van der Waals surface area contributed by atoms with Gasteiger partial charge in [0.05, 0.1) is 13.4 Å². The SMILES string of the molecule is CCC(=O)O[C@H]1O[C@@H](n2cnc3c(=O)[nH]c(NC(c4ccccc4)(c4ccccc4)c4ccc(OC)cc4)nc32)[C@@H](F)[C@@H]1O[Si](C)(C)C(C)(C)C. The number of rotatable bonds is 11. The number of hydrogen-bond donors (Lipinski definition) is 2. The van der Waals surface area contributed by atoms with Gasteiger partial charge in [0.2, 0.25) is 12.2 Å². The van der Waals surface area contributed by atoms with Crippen molar-refractivity contribution in [1.82, 2.24) is 19.5 Å². The predicted molar refractivity (Wildman–Crippen MR) is 195 cm³/mol. The van der Waals surface area contributed by atoms with E-state index in [0.717, 1.165) is 16.7 Å². The van der Waals surface area contributed by atoms with Gasteiger partial charge in [-0.2, -0.15) is 4.98 Å². The lowest BCUT2D eigenvalue weighted by Crippen LogP contribution is -2.49. The number of esters is 1. The second-order valence-corrected chi connectivity index (χ2v) is 18.9. The standard InChI is InChI=1S/C38H44FN5O6Si/c1-8-28(45)48-35-31(50-51(6,7)37(2,3)4)29(39)34(49-35)44-23-40-30-32(44)41-36(42-33(30)46)43-38(24-15-11-9-12-16-24,25-17-13-10-14-18-25)26-19-21-27(47-5)22-20-26/h9-23,29,31,34-35H,8H2,1-7H3,(H2,41,42,43,46)/t29-,31-,34+,35-/m0/s1. The van der Waals surface area contributed by atoms with Crippen molar-refractivity contribution in [1.29, 1.82) is 0 Å². The molecule has 268 valence electrons. The number of hydrogen-bond acceptors (Lipinski definition) is 9. The smallest absolute Gasteiger partial charge is 0.307 e. The summed E-state index contributed by atoms with van der Waals surface area (Å²) in [6, 6.07) is 27.2. The van der Waals surface area contributed by atoms with Crippen LogP contribution in [0.25, 0.3) is 11.2 Å². The van der Waals surface area contributed by atoms with E-state index >= 15 is 4.39 Å². The van der Waals surface area contributed by atoms with E-state index in [1.807, 2.05) is 119 Å². The molecule has 2 N–H and O–H groups in total. The average Bonchev–Trinajstić information content (AvgIpc) is 3.67. The molecular weight excluding hydrogens is 670 g/mol. The maximum Gasteiger partial charge on any atom is 0.307 e. The molecule has 2 aromatic heterocycles. The number of fused-ring (bicyclic) bond motifs is 1. The minimum Gasteiger partial charge on any atom is -0.497 e. The van der Waals surface area contributed by atoms with E-state index in [9.17, 15) is 9.59 Å². The maximum absolute atomic E-state index is 16.7. The molecule has 1 saturated heterocycles.